The Bertz CT molecular complexity index is 1740. The van der Waals surface area contributed by atoms with Gasteiger partial charge in [-0.2, -0.15) is 9.78 Å². The number of furan rings is 1. The van der Waals surface area contributed by atoms with E-state index in [0.29, 0.717) is 37.9 Å². The van der Waals surface area contributed by atoms with E-state index in [1.807, 2.05) is 0 Å². The molecule has 0 aliphatic heterocycles. The molecule has 36 heavy (non-hydrogen) atoms. The van der Waals surface area contributed by atoms with Crippen LogP contribution in [0.25, 0.3) is 33.5 Å². The van der Waals surface area contributed by atoms with Gasteiger partial charge >= 0.3 is 5.69 Å². The highest BCUT2D eigenvalue weighted by Crippen LogP contribution is 2.34. The highest BCUT2D eigenvalue weighted by molar-refractivity contribution is 9.10. The van der Waals surface area contributed by atoms with Crippen LogP contribution in [0.4, 0.5) is 5.69 Å². The molecule has 2 heterocycles. The second-order valence-corrected chi connectivity index (χ2v) is 8.52. The minimum atomic E-state index is -0.558. The number of fused-ring (bicyclic) bond motifs is 2. The Kier molecular flexibility index (Phi) is 5.98. The maximum atomic E-state index is 13.5. The maximum Gasteiger partial charge on any atom is 0.312 e. The molecular weight excluding hydrogens is 532 g/mol. The van der Waals surface area contributed by atoms with Crippen LogP contribution in [0.2, 0.25) is 0 Å². The first-order valence-corrected chi connectivity index (χ1v) is 11.4. The Morgan fingerprint density at radius 3 is 2.64 bits per heavy atom. The van der Waals surface area contributed by atoms with Crippen LogP contribution in [-0.2, 0) is 0 Å². The summed E-state index contributed by atoms with van der Waals surface area (Å²) in [5.74, 6) is 1.05. The lowest BCUT2D eigenvalue weighted by atomic mass is 10.2. The number of nitrogens with zero attached hydrogens (tertiary/aromatic N) is 4. The molecule has 5 rings (SSSR count). The zero-order valence-electron chi connectivity index (χ0n) is 19.0. The van der Waals surface area contributed by atoms with Crippen molar-refractivity contribution in [2.75, 3.05) is 14.2 Å². The van der Waals surface area contributed by atoms with Crippen molar-refractivity contribution in [2.24, 2.45) is 5.10 Å². The normalized spacial score (nSPS) is 11.4. The lowest BCUT2D eigenvalue weighted by molar-refractivity contribution is -0.385. The monoisotopic (exact) mass is 548 g/mol. The smallest absolute Gasteiger partial charge is 0.312 e. The minimum Gasteiger partial charge on any atom is -0.496 e. The summed E-state index contributed by atoms with van der Waals surface area (Å²) >= 11 is 3.27. The molecule has 2 aromatic heterocycles. The van der Waals surface area contributed by atoms with Crippen molar-refractivity contribution in [2.45, 2.75) is 0 Å². The summed E-state index contributed by atoms with van der Waals surface area (Å²) < 4.78 is 18.2. The van der Waals surface area contributed by atoms with Crippen LogP contribution in [0.3, 0.4) is 0 Å². The van der Waals surface area contributed by atoms with Crippen molar-refractivity contribution in [1.82, 2.24) is 9.66 Å². The molecule has 10 nitrogen and oxygen atoms in total. The van der Waals surface area contributed by atoms with Crippen LogP contribution in [-0.4, -0.2) is 35.0 Å². The molecule has 0 saturated carbocycles. The summed E-state index contributed by atoms with van der Waals surface area (Å²) in [5.41, 5.74) is 0.610. The molecule has 0 aliphatic rings. The number of nitro benzene ring substituents is 1. The molecule has 0 amide bonds. The van der Waals surface area contributed by atoms with Crippen LogP contribution >= 0.6 is 15.9 Å². The van der Waals surface area contributed by atoms with E-state index in [0.717, 1.165) is 4.68 Å². The van der Waals surface area contributed by atoms with Crippen LogP contribution < -0.4 is 15.0 Å². The van der Waals surface area contributed by atoms with E-state index < -0.39 is 10.5 Å². The first kappa shape index (κ1) is 23.2. The molecule has 11 heteroatoms. The molecule has 0 fully saturated rings. The number of hydrogen-bond donors (Lipinski definition) is 0. The molecular formula is C25H17BrN4O6. The van der Waals surface area contributed by atoms with Crippen molar-refractivity contribution in [3.8, 4) is 23.1 Å². The Morgan fingerprint density at radius 2 is 1.89 bits per heavy atom. The second-order valence-electron chi connectivity index (χ2n) is 7.60. The van der Waals surface area contributed by atoms with Gasteiger partial charge in [-0.05, 0) is 36.4 Å². The van der Waals surface area contributed by atoms with Gasteiger partial charge in [-0.25, -0.2) is 4.98 Å². The zero-order chi connectivity index (χ0) is 25.4. The van der Waals surface area contributed by atoms with Gasteiger partial charge in [0.15, 0.2) is 5.76 Å². The van der Waals surface area contributed by atoms with Crippen molar-refractivity contribution < 1.29 is 18.8 Å². The molecule has 0 saturated heterocycles. The molecule has 180 valence electrons. The van der Waals surface area contributed by atoms with Gasteiger partial charge in [-0.1, -0.05) is 34.1 Å². The number of methoxy groups -OCH3 is 2. The van der Waals surface area contributed by atoms with Crippen LogP contribution in [0.15, 0.2) is 79.4 Å². The predicted molar refractivity (Wildman–Crippen MR) is 138 cm³/mol. The number of para-hydroxylation sites is 1. The second kappa shape index (κ2) is 9.27. The molecule has 0 bridgehead atoms. The van der Waals surface area contributed by atoms with Crippen molar-refractivity contribution in [3.63, 3.8) is 0 Å². The fourth-order valence-electron chi connectivity index (χ4n) is 3.89. The zero-order valence-corrected chi connectivity index (χ0v) is 20.6. The van der Waals surface area contributed by atoms with Gasteiger partial charge in [-0.15, -0.1) is 0 Å². The van der Waals surface area contributed by atoms with Gasteiger partial charge in [0.2, 0.25) is 11.6 Å². The largest absolute Gasteiger partial charge is 0.496 e. The first-order chi connectivity index (χ1) is 17.4. The van der Waals surface area contributed by atoms with Crippen molar-refractivity contribution in [3.05, 3.63) is 91.2 Å². The Hall–Kier alpha value is -4.51. The maximum absolute atomic E-state index is 13.5. The average molecular weight is 549 g/mol. The van der Waals surface area contributed by atoms with E-state index in [9.17, 15) is 14.9 Å². The summed E-state index contributed by atoms with van der Waals surface area (Å²) in [7, 11) is 2.88. The number of benzene rings is 3. The Morgan fingerprint density at radius 1 is 1.08 bits per heavy atom. The SMILES string of the molecule is COc1c(C=Nn2c(-c3cc4c(OC)cccc4o3)nc3ccccc3c2=O)cc(Br)cc1[N+](=O)[O-]. The average Bonchev–Trinajstić information content (AvgIpc) is 3.32. The van der Waals surface area contributed by atoms with E-state index in [1.165, 1.54) is 19.4 Å². The fourth-order valence-corrected chi connectivity index (χ4v) is 4.35. The third-order valence-corrected chi connectivity index (χ3v) is 5.95. The van der Waals surface area contributed by atoms with Crippen molar-refractivity contribution >= 4 is 49.7 Å². The summed E-state index contributed by atoms with van der Waals surface area (Å²) in [6.07, 6.45) is 1.31. The summed E-state index contributed by atoms with van der Waals surface area (Å²) in [4.78, 5) is 29.1. The number of rotatable bonds is 6. The molecule has 0 aliphatic carbocycles. The molecule has 0 N–H and O–H groups in total. The van der Waals surface area contributed by atoms with Gasteiger partial charge < -0.3 is 13.9 Å². The summed E-state index contributed by atoms with van der Waals surface area (Å²) in [5, 5.41) is 16.9. The Labute approximate surface area is 211 Å². The summed E-state index contributed by atoms with van der Waals surface area (Å²) in [6, 6.07) is 16.9. The fraction of sp³-hybridized carbons (Fsp3) is 0.0800. The highest BCUT2D eigenvalue weighted by atomic mass is 79.9. The predicted octanol–water partition coefficient (Wildman–Crippen LogP) is 5.38. The number of hydrogen-bond acceptors (Lipinski definition) is 8. The first-order valence-electron chi connectivity index (χ1n) is 10.6. The third kappa shape index (κ3) is 3.99. The van der Waals surface area contributed by atoms with E-state index in [1.54, 1.807) is 61.7 Å². The number of nitro groups is 1. The lowest BCUT2D eigenvalue weighted by Gasteiger charge is -2.09. The van der Waals surface area contributed by atoms with Gasteiger partial charge in [0.1, 0.15) is 11.3 Å². The van der Waals surface area contributed by atoms with E-state index in [2.05, 4.69) is 26.0 Å². The molecule has 0 spiro atoms. The van der Waals surface area contributed by atoms with E-state index in [-0.39, 0.29) is 22.8 Å². The van der Waals surface area contributed by atoms with Gasteiger partial charge in [-0.3, -0.25) is 14.9 Å². The van der Waals surface area contributed by atoms with Crippen LogP contribution in [0, 0.1) is 10.1 Å². The lowest BCUT2D eigenvalue weighted by Crippen LogP contribution is -2.20. The molecule has 0 radical (unpaired) electrons. The quantitative estimate of drug-likeness (QED) is 0.158. The van der Waals surface area contributed by atoms with Crippen LogP contribution in [0.1, 0.15) is 5.56 Å². The van der Waals surface area contributed by atoms with Gasteiger partial charge in [0.05, 0.1) is 41.6 Å². The van der Waals surface area contributed by atoms with E-state index >= 15 is 0 Å². The highest BCUT2D eigenvalue weighted by Gasteiger charge is 2.21. The summed E-state index contributed by atoms with van der Waals surface area (Å²) in [6.45, 7) is 0. The standard InChI is InChI=1S/C25H17BrN4O6/c1-34-20-8-5-9-21-17(20)12-22(36-21)24-28-18-7-4-3-6-16(18)25(31)29(24)27-13-14-10-15(26)11-19(30(32)33)23(14)35-2/h3-13H,1-2H3. The van der Waals surface area contributed by atoms with Crippen LogP contribution in [0.5, 0.6) is 11.5 Å². The number of ether oxygens (including phenoxy) is 2. The van der Waals surface area contributed by atoms with Gasteiger partial charge in [0, 0.05) is 16.1 Å². The van der Waals surface area contributed by atoms with Gasteiger partial charge in [0.25, 0.3) is 5.56 Å². The van der Waals surface area contributed by atoms with Crippen molar-refractivity contribution in [1.29, 1.82) is 0 Å². The number of aromatic nitrogens is 2. The molecule has 0 atom stereocenters. The minimum absolute atomic E-state index is 0.00349. The topological polar surface area (TPSA) is 122 Å². The Balaban J connectivity index is 1.75. The molecule has 3 aromatic carbocycles. The molecule has 5 aromatic rings. The number of halogens is 1. The molecule has 0 unspecified atom stereocenters. The van der Waals surface area contributed by atoms with E-state index in [4.69, 9.17) is 13.9 Å². The third-order valence-electron chi connectivity index (χ3n) is 5.49.